The Hall–Kier alpha value is -7.01. The second-order valence-electron chi connectivity index (χ2n) is 13.8. The summed E-state index contributed by atoms with van der Waals surface area (Å²) >= 11 is 1.83. The molecular formula is C51H33N3S. The summed E-state index contributed by atoms with van der Waals surface area (Å²) in [5.41, 5.74) is 7.10. The van der Waals surface area contributed by atoms with Gasteiger partial charge >= 0.3 is 0 Å². The van der Waals surface area contributed by atoms with Gasteiger partial charge in [0.05, 0.1) is 0 Å². The number of thiophene rings is 1. The molecule has 1 N–H and O–H groups in total. The second kappa shape index (κ2) is 13.8. The van der Waals surface area contributed by atoms with Gasteiger partial charge in [0.15, 0.2) is 11.7 Å². The molecule has 0 amide bonds. The van der Waals surface area contributed by atoms with E-state index in [0.717, 1.165) is 55.1 Å². The first-order chi connectivity index (χ1) is 27.2. The van der Waals surface area contributed by atoms with Crippen LogP contribution in [-0.4, -0.2) is 17.9 Å². The van der Waals surface area contributed by atoms with Crippen LogP contribution in [0.25, 0.3) is 74.7 Å². The van der Waals surface area contributed by atoms with Crippen molar-refractivity contribution in [3.8, 4) is 22.3 Å². The average Bonchev–Trinajstić information content (AvgIpc) is 3.63. The summed E-state index contributed by atoms with van der Waals surface area (Å²) < 4.78 is 2.57. The van der Waals surface area contributed by atoms with E-state index in [1.54, 1.807) is 0 Å². The average molecular weight is 720 g/mol. The van der Waals surface area contributed by atoms with E-state index in [2.05, 4.69) is 146 Å². The van der Waals surface area contributed by atoms with Crippen molar-refractivity contribution in [1.29, 1.82) is 5.41 Å². The van der Waals surface area contributed by atoms with Crippen molar-refractivity contribution in [2.24, 2.45) is 9.98 Å². The third kappa shape index (κ3) is 6.09. The van der Waals surface area contributed by atoms with E-state index in [1.165, 1.54) is 36.3 Å². The van der Waals surface area contributed by atoms with Crippen LogP contribution in [0, 0.1) is 5.41 Å². The van der Waals surface area contributed by atoms with Crippen molar-refractivity contribution in [3.05, 3.63) is 205 Å². The summed E-state index contributed by atoms with van der Waals surface area (Å²) in [6.07, 6.45) is 1.94. The smallest absolute Gasteiger partial charge is 0.161 e. The molecule has 0 aliphatic heterocycles. The summed E-state index contributed by atoms with van der Waals surface area (Å²) in [6.45, 7) is 0. The Morgan fingerprint density at radius 2 is 1.00 bits per heavy atom. The van der Waals surface area contributed by atoms with Crippen molar-refractivity contribution >= 4 is 81.7 Å². The van der Waals surface area contributed by atoms with E-state index in [4.69, 9.17) is 15.4 Å². The maximum Gasteiger partial charge on any atom is 0.161 e. The quantitative estimate of drug-likeness (QED) is 0.0797. The number of aliphatic imine (C=N–C) groups is 2. The van der Waals surface area contributed by atoms with Gasteiger partial charge in [-0.15, -0.1) is 11.3 Å². The molecule has 55 heavy (non-hydrogen) atoms. The molecule has 0 atom stereocenters. The lowest BCUT2D eigenvalue weighted by Gasteiger charge is -2.11. The lowest BCUT2D eigenvalue weighted by molar-refractivity contribution is 1.40. The highest BCUT2D eigenvalue weighted by molar-refractivity contribution is 7.25. The van der Waals surface area contributed by atoms with E-state index in [0.29, 0.717) is 5.84 Å². The molecular weight excluding hydrogens is 687 g/mol. The minimum absolute atomic E-state index is 0.153. The first-order valence-corrected chi connectivity index (χ1v) is 19.2. The fourth-order valence-corrected chi connectivity index (χ4v) is 8.77. The van der Waals surface area contributed by atoms with Crippen LogP contribution in [-0.2, 0) is 0 Å². The Balaban J connectivity index is 1.07. The maximum atomic E-state index is 9.16. The van der Waals surface area contributed by atoms with Gasteiger partial charge in [-0.1, -0.05) is 170 Å². The summed E-state index contributed by atoms with van der Waals surface area (Å²) in [5.74, 6) is 0.630. The molecule has 9 aromatic carbocycles. The van der Waals surface area contributed by atoms with Crippen LogP contribution < -0.4 is 0 Å². The van der Waals surface area contributed by atoms with Crippen LogP contribution in [0.5, 0.6) is 0 Å². The van der Waals surface area contributed by atoms with Gasteiger partial charge < -0.3 is 0 Å². The minimum atomic E-state index is 0.153. The Bertz CT molecular complexity index is 3140. The van der Waals surface area contributed by atoms with E-state index in [9.17, 15) is 0 Å². The van der Waals surface area contributed by atoms with Crippen LogP contribution in [0.15, 0.2) is 198 Å². The highest BCUT2D eigenvalue weighted by Gasteiger charge is 2.13. The lowest BCUT2D eigenvalue weighted by Crippen LogP contribution is -2.05. The van der Waals surface area contributed by atoms with E-state index in [1.807, 2.05) is 60.0 Å². The molecule has 3 nitrogen and oxygen atoms in total. The molecule has 0 saturated heterocycles. The monoisotopic (exact) mass is 719 g/mol. The number of amidine groups is 2. The molecule has 0 bridgehead atoms. The van der Waals surface area contributed by atoms with Crippen LogP contribution in [0.2, 0.25) is 0 Å². The number of rotatable bonds is 5. The van der Waals surface area contributed by atoms with E-state index >= 15 is 0 Å². The lowest BCUT2D eigenvalue weighted by atomic mass is 9.94. The van der Waals surface area contributed by atoms with Gasteiger partial charge in [0.1, 0.15) is 0 Å². The fourth-order valence-electron chi connectivity index (χ4n) is 7.63. The number of nitrogens with one attached hydrogen (secondary N) is 1. The maximum absolute atomic E-state index is 9.16. The molecule has 0 aliphatic carbocycles. The highest BCUT2D eigenvalue weighted by atomic mass is 32.1. The van der Waals surface area contributed by atoms with Gasteiger partial charge in [0.25, 0.3) is 0 Å². The number of hydrogen-bond acceptors (Lipinski definition) is 2. The van der Waals surface area contributed by atoms with E-state index < -0.39 is 0 Å². The van der Waals surface area contributed by atoms with Crippen LogP contribution in [0.3, 0.4) is 0 Å². The first-order valence-electron chi connectivity index (χ1n) is 18.4. The van der Waals surface area contributed by atoms with Crippen molar-refractivity contribution < 1.29 is 0 Å². The number of benzene rings is 9. The summed E-state index contributed by atoms with van der Waals surface area (Å²) in [4.78, 5) is 10.0. The molecule has 1 heterocycles. The third-order valence-electron chi connectivity index (χ3n) is 10.5. The van der Waals surface area contributed by atoms with Crippen LogP contribution in [0.4, 0.5) is 0 Å². The second-order valence-corrected chi connectivity index (χ2v) is 14.8. The van der Waals surface area contributed by atoms with E-state index in [-0.39, 0.29) is 5.84 Å². The number of nitrogens with zero attached hydrogens (tertiary/aromatic N) is 2. The molecule has 10 rings (SSSR count). The zero-order chi connectivity index (χ0) is 36.7. The number of fused-ring (bicyclic) bond motifs is 7. The van der Waals surface area contributed by atoms with Gasteiger partial charge in [-0.25, -0.2) is 9.98 Å². The molecule has 258 valence electrons. The first kappa shape index (κ1) is 32.6. The molecule has 0 fully saturated rings. The normalized spacial score (nSPS) is 12.1. The molecule has 10 aromatic rings. The largest absolute Gasteiger partial charge is 0.282 e. The molecule has 0 saturated carbocycles. The van der Waals surface area contributed by atoms with Gasteiger partial charge in [-0.2, -0.15) is 0 Å². The SMILES string of the molecule is N=C(N=C(N=Cc1c2ccccc2cc2c1ccc1ccccc12)c1ccc(-c2ccc3c(c2)sc2ccccc23)cc1)c1ccc(-c2ccccc2)cc1. The minimum Gasteiger partial charge on any atom is -0.282 e. The molecule has 0 aliphatic rings. The van der Waals surface area contributed by atoms with Gasteiger partial charge in [-0.05, 0) is 72.8 Å². The topological polar surface area (TPSA) is 48.6 Å². The van der Waals surface area contributed by atoms with Gasteiger partial charge in [0, 0.05) is 43.1 Å². The van der Waals surface area contributed by atoms with Crippen molar-refractivity contribution in [2.75, 3.05) is 0 Å². The molecule has 0 spiro atoms. The van der Waals surface area contributed by atoms with Gasteiger partial charge in [-0.3, -0.25) is 5.41 Å². The predicted octanol–water partition coefficient (Wildman–Crippen LogP) is 13.7. The third-order valence-corrected chi connectivity index (χ3v) is 11.6. The molecule has 0 unspecified atom stereocenters. The van der Waals surface area contributed by atoms with Crippen LogP contribution in [0.1, 0.15) is 16.7 Å². The fraction of sp³-hybridized carbons (Fsp3) is 0. The Morgan fingerprint density at radius 1 is 0.418 bits per heavy atom. The van der Waals surface area contributed by atoms with Crippen LogP contribution >= 0.6 is 11.3 Å². The summed E-state index contributed by atoms with van der Waals surface area (Å²) in [5, 5.41) is 18.7. The zero-order valence-corrected chi connectivity index (χ0v) is 30.6. The Labute approximate surface area is 322 Å². The summed E-state index contributed by atoms with van der Waals surface area (Å²) in [6, 6.07) is 65.7. The van der Waals surface area contributed by atoms with Gasteiger partial charge in [0.2, 0.25) is 0 Å². The molecule has 4 heteroatoms. The Morgan fingerprint density at radius 3 is 1.80 bits per heavy atom. The predicted molar refractivity (Wildman–Crippen MR) is 237 cm³/mol. The molecule has 0 radical (unpaired) electrons. The highest BCUT2D eigenvalue weighted by Crippen LogP contribution is 2.37. The van der Waals surface area contributed by atoms with Crippen molar-refractivity contribution in [2.45, 2.75) is 0 Å². The Kier molecular flexibility index (Phi) is 8.16. The van der Waals surface area contributed by atoms with Crippen molar-refractivity contribution in [3.63, 3.8) is 0 Å². The summed E-state index contributed by atoms with van der Waals surface area (Å²) in [7, 11) is 0. The van der Waals surface area contributed by atoms with Crippen molar-refractivity contribution in [1.82, 2.24) is 0 Å². The molecule has 1 aromatic heterocycles. The zero-order valence-electron chi connectivity index (χ0n) is 29.8. The number of hydrogen-bond donors (Lipinski definition) is 1. The standard InChI is InChI=1S/C51H33N3S/c52-50(37-22-18-34(19-23-37)33-10-2-1-3-11-33)54-51(38-24-20-35(21-25-38)39-27-29-45-44-16-8-9-17-48(44)55-49(45)31-39)53-32-47-42-15-7-5-13-40(42)30-46-41-14-6-4-12-36(41)26-28-43(46)47/h1-32,52H.